The molecule has 0 aliphatic rings. The Morgan fingerprint density at radius 2 is 2.19 bits per heavy atom. The first-order valence-corrected chi connectivity index (χ1v) is 8.53. The second-order valence-corrected chi connectivity index (χ2v) is 7.27. The lowest BCUT2D eigenvalue weighted by Crippen LogP contribution is -2.29. The first-order chi connectivity index (χ1) is 9.87. The van der Waals surface area contributed by atoms with E-state index in [0.717, 1.165) is 13.0 Å². The molecule has 0 atom stereocenters. The van der Waals surface area contributed by atoms with Gasteiger partial charge in [0.2, 0.25) is 10.0 Å². The molecule has 0 amide bonds. The van der Waals surface area contributed by atoms with Gasteiger partial charge in [-0.05, 0) is 13.0 Å². The third-order valence-electron chi connectivity index (χ3n) is 3.04. The summed E-state index contributed by atoms with van der Waals surface area (Å²) in [5.74, 6) is 0. The van der Waals surface area contributed by atoms with E-state index >= 15 is 0 Å². The molecule has 0 radical (unpaired) electrons. The van der Waals surface area contributed by atoms with Crippen LogP contribution in [0.1, 0.15) is 20.3 Å². The number of nitrogens with zero attached hydrogens (tertiary/aromatic N) is 3. The zero-order valence-corrected chi connectivity index (χ0v) is 14.1. The minimum atomic E-state index is -3.48. The molecule has 7 nitrogen and oxygen atoms in total. The summed E-state index contributed by atoms with van der Waals surface area (Å²) in [5, 5.41) is 7.43. The summed E-state index contributed by atoms with van der Waals surface area (Å²) in [6.07, 6.45) is 3.88. The van der Waals surface area contributed by atoms with Crippen LogP contribution in [-0.2, 0) is 21.3 Å². The number of methoxy groups -OCH3 is 1. The monoisotopic (exact) mass is 318 g/mol. The lowest BCUT2D eigenvalue weighted by molar-refractivity contribution is 0.185. The standard InChI is InChI=1S/C13H26N4O3S/c1-12(2)14-6-5-7-17-11-13(10-15-17)21(18,19)16(3)8-9-20-4/h10-12,14H,5-9H2,1-4H3. The van der Waals surface area contributed by atoms with Crippen molar-refractivity contribution in [2.24, 2.45) is 0 Å². The quantitative estimate of drug-likeness (QED) is 0.637. The fraction of sp³-hybridized carbons (Fsp3) is 0.769. The van der Waals surface area contributed by atoms with Crippen molar-refractivity contribution >= 4 is 10.0 Å². The Bertz CT molecular complexity index is 513. The Balaban J connectivity index is 2.57. The number of hydrogen-bond donors (Lipinski definition) is 1. The van der Waals surface area contributed by atoms with E-state index in [1.165, 1.54) is 17.5 Å². The van der Waals surface area contributed by atoms with E-state index in [4.69, 9.17) is 4.74 Å². The molecular formula is C13H26N4O3S. The molecule has 0 unspecified atom stereocenters. The van der Waals surface area contributed by atoms with Gasteiger partial charge in [-0.2, -0.15) is 9.40 Å². The third kappa shape index (κ3) is 5.74. The van der Waals surface area contributed by atoms with Crippen molar-refractivity contribution in [1.29, 1.82) is 0 Å². The molecule has 1 aromatic heterocycles. The normalized spacial score (nSPS) is 12.5. The highest BCUT2D eigenvalue weighted by Crippen LogP contribution is 2.13. The van der Waals surface area contributed by atoms with E-state index in [1.54, 1.807) is 18.0 Å². The average Bonchev–Trinajstić information content (AvgIpc) is 2.90. The SMILES string of the molecule is COCCN(C)S(=O)(=O)c1cnn(CCCNC(C)C)c1. The van der Waals surface area contributed by atoms with Crippen LogP contribution in [0.2, 0.25) is 0 Å². The minimum absolute atomic E-state index is 0.220. The molecule has 0 aliphatic carbocycles. The van der Waals surface area contributed by atoms with Gasteiger partial charge in [-0.15, -0.1) is 0 Å². The molecule has 1 N–H and O–H groups in total. The van der Waals surface area contributed by atoms with Gasteiger partial charge < -0.3 is 10.1 Å². The predicted octanol–water partition coefficient (Wildman–Crippen LogP) is 0.538. The molecule has 0 fully saturated rings. The number of ether oxygens (including phenoxy) is 1. The highest BCUT2D eigenvalue weighted by Gasteiger charge is 2.22. The second kappa shape index (κ2) is 8.47. The summed E-state index contributed by atoms with van der Waals surface area (Å²) in [6.45, 7) is 6.44. The van der Waals surface area contributed by atoms with E-state index in [1.807, 2.05) is 0 Å². The van der Waals surface area contributed by atoms with E-state index in [9.17, 15) is 8.42 Å². The molecule has 0 spiro atoms. The molecule has 0 saturated carbocycles. The van der Waals surface area contributed by atoms with E-state index < -0.39 is 10.0 Å². The smallest absolute Gasteiger partial charge is 0.246 e. The predicted molar refractivity (Wildman–Crippen MR) is 81.7 cm³/mol. The fourth-order valence-corrected chi connectivity index (χ4v) is 2.86. The lowest BCUT2D eigenvalue weighted by atomic mass is 10.3. The van der Waals surface area contributed by atoms with E-state index in [2.05, 4.69) is 24.3 Å². The van der Waals surface area contributed by atoms with Gasteiger partial charge in [0, 0.05) is 39.5 Å². The van der Waals surface area contributed by atoms with Gasteiger partial charge in [0.05, 0.1) is 12.8 Å². The Labute approximate surface area is 127 Å². The number of hydrogen-bond acceptors (Lipinski definition) is 5. The van der Waals surface area contributed by atoms with Gasteiger partial charge in [0.15, 0.2) is 0 Å². The zero-order valence-electron chi connectivity index (χ0n) is 13.2. The van der Waals surface area contributed by atoms with Crippen molar-refractivity contribution in [3.05, 3.63) is 12.4 Å². The van der Waals surface area contributed by atoms with Crippen LogP contribution < -0.4 is 5.32 Å². The van der Waals surface area contributed by atoms with Crippen molar-refractivity contribution in [3.63, 3.8) is 0 Å². The summed E-state index contributed by atoms with van der Waals surface area (Å²) >= 11 is 0. The Morgan fingerprint density at radius 1 is 1.48 bits per heavy atom. The molecule has 1 aromatic rings. The van der Waals surface area contributed by atoms with E-state index in [-0.39, 0.29) is 4.90 Å². The Kier molecular flexibility index (Phi) is 7.30. The van der Waals surface area contributed by atoms with Gasteiger partial charge in [-0.1, -0.05) is 13.8 Å². The Hall–Kier alpha value is -0.960. The molecule has 0 bridgehead atoms. The van der Waals surface area contributed by atoms with Crippen LogP contribution in [0.3, 0.4) is 0 Å². The summed E-state index contributed by atoms with van der Waals surface area (Å²) in [4.78, 5) is 0.220. The number of nitrogens with one attached hydrogen (secondary N) is 1. The number of likely N-dealkylation sites (N-methyl/N-ethyl adjacent to an activating group) is 1. The minimum Gasteiger partial charge on any atom is -0.383 e. The van der Waals surface area contributed by atoms with E-state index in [0.29, 0.717) is 25.7 Å². The van der Waals surface area contributed by atoms with Gasteiger partial charge in [0.25, 0.3) is 0 Å². The van der Waals surface area contributed by atoms with Gasteiger partial charge in [0.1, 0.15) is 4.90 Å². The summed E-state index contributed by atoms with van der Waals surface area (Å²) < 4.78 is 32.4. The summed E-state index contributed by atoms with van der Waals surface area (Å²) in [6, 6.07) is 0.452. The van der Waals surface area contributed by atoms with Crippen LogP contribution in [0.15, 0.2) is 17.3 Å². The second-order valence-electron chi connectivity index (χ2n) is 5.22. The van der Waals surface area contributed by atoms with Crippen molar-refractivity contribution < 1.29 is 13.2 Å². The van der Waals surface area contributed by atoms with Crippen LogP contribution in [0.4, 0.5) is 0 Å². The van der Waals surface area contributed by atoms with Crippen LogP contribution >= 0.6 is 0 Å². The lowest BCUT2D eigenvalue weighted by Gasteiger charge is -2.15. The number of aromatic nitrogens is 2. The largest absolute Gasteiger partial charge is 0.383 e. The average molecular weight is 318 g/mol. The maximum Gasteiger partial charge on any atom is 0.246 e. The molecule has 0 aliphatic heterocycles. The summed E-state index contributed by atoms with van der Waals surface area (Å²) in [5.41, 5.74) is 0. The number of aryl methyl sites for hydroxylation is 1. The first-order valence-electron chi connectivity index (χ1n) is 7.09. The molecular weight excluding hydrogens is 292 g/mol. The molecule has 0 saturated heterocycles. The van der Waals surface area contributed by atoms with Crippen LogP contribution in [0, 0.1) is 0 Å². The summed E-state index contributed by atoms with van der Waals surface area (Å²) in [7, 11) is -0.395. The maximum atomic E-state index is 12.3. The molecule has 1 heterocycles. The Morgan fingerprint density at radius 3 is 2.81 bits per heavy atom. The highest BCUT2D eigenvalue weighted by molar-refractivity contribution is 7.89. The fourth-order valence-electron chi connectivity index (χ4n) is 1.75. The topological polar surface area (TPSA) is 76.5 Å². The third-order valence-corrected chi connectivity index (χ3v) is 4.85. The zero-order chi connectivity index (χ0) is 15.9. The van der Waals surface area contributed by atoms with Gasteiger partial charge in [-0.3, -0.25) is 4.68 Å². The van der Waals surface area contributed by atoms with Crippen LogP contribution in [0.25, 0.3) is 0 Å². The molecule has 0 aromatic carbocycles. The van der Waals surface area contributed by atoms with Crippen molar-refractivity contribution in [2.45, 2.75) is 37.8 Å². The van der Waals surface area contributed by atoms with Crippen molar-refractivity contribution in [2.75, 3.05) is 33.9 Å². The van der Waals surface area contributed by atoms with Crippen LogP contribution in [0.5, 0.6) is 0 Å². The van der Waals surface area contributed by atoms with Gasteiger partial charge >= 0.3 is 0 Å². The number of sulfonamides is 1. The van der Waals surface area contributed by atoms with Crippen molar-refractivity contribution in [3.8, 4) is 0 Å². The number of rotatable bonds is 10. The first kappa shape index (κ1) is 18.1. The molecule has 21 heavy (non-hydrogen) atoms. The molecule has 1 rings (SSSR count). The van der Waals surface area contributed by atoms with Crippen molar-refractivity contribution in [1.82, 2.24) is 19.4 Å². The molecule has 8 heteroatoms. The highest BCUT2D eigenvalue weighted by atomic mass is 32.2. The van der Waals surface area contributed by atoms with Gasteiger partial charge in [-0.25, -0.2) is 8.42 Å². The molecule has 122 valence electrons. The maximum absolute atomic E-state index is 12.3. The van der Waals surface area contributed by atoms with Crippen LogP contribution in [-0.4, -0.2) is 62.4 Å².